The molecule has 8 heteroatoms. The van der Waals surface area contributed by atoms with E-state index in [1.54, 1.807) is 0 Å². The van der Waals surface area contributed by atoms with Gasteiger partial charge in [-0.25, -0.2) is 9.97 Å². The average molecular weight is 389 g/mol. The van der Waals surface area contributed by atoms with Gasteiger partial charge in [0.2, 0.25) is 5.91 Å². The summed E-state index contributed by atoms with van der Waals surface area (Å²) in [7, 11) is 0. The second kappa shape index (κ2) is 8.22. The molecule has 1 N–H and O–H groups in total. The second-order valence-corrected chi connectivity index (χ2v) is 6.57. The summed E-state index contributed by atoms with van der Waals surface area (Å²) < 4.78 is 38.1. The number of rotatable bonds is 5. The van der Waals surface area contributed by atoms with E-state index < -0.39 is 11.7 Å². The standard InChI is InChI=1S/C19H14F3N3OS/c20-19(21,22)14-7-4-8-16(9-14)27-12-17(26)25-15-10-23-18(24-11-15)13-5-2-1-3-6-13/h1-11H,12H2,(H,25,26). The fraction of sp³-hybridized carbons (Fsp3) is 0.105. The van der Waals surface area contributed by atoms with Gasteiger partial charge in [0.25, 0.3) is 0 Å². The zero-order chi connectivity index (χ0) is 19.3. The first kappa shape index (κ1) is 18.9. The van der Waals surface area contributed by atoms with Crippen molar-refractivity contribution < 1.29 is 18.0 Å². The van der Waals surface area contributed by atoms with Crippen LogP contribution in [0.4, 0.5) is 18.9 Å². The summed E-state index contributed by atoms with van der Waals surface area (Å²) in [4.78, 5) is 20.8. The van der Waals surface area contributed by atoms with Crippen LogP contribution in [-0.2, 0) is 11.0 Å². The van der Waals surface area contributed by atoms with Gasteiger partial charge in [0.05, 0.1) is 29.4 Å². The number of nitrogens with one attached hydrogen (secondary N) is 1. The van der Waals surface area contributed by atoms with E-state index in [1.807, 2.05) is 30.3 Å². The summed E-state index contributed by atoms with van der Waals surface area (Å²) >= 11 is 1.03. The molecule has 0 aliphatic heterocycles. The molecule has 4 nitrogen and oxygen atoms in total. The lowest BCUT2D eigenvalue weighted by Gasteiger charge is -2.09. The van der Waals surface area contributed by atoms with Crippen molar-refractivity contribution in [3.63, 3.8) is 0 Å². The van der Waals surface area contributed by atoms with Gasteiger partial charge in [-0.3, -0.25) is 4.79 Å². The first-order valence-corrected chi connectivity index (χ1v) is 8.88. The monoisotopic (exact) mass is 389 g/mol. The molecule has 3 aromatic rings. The molecule has 0 aliphatic carbocycles. The van der Waals surface area contributed by atoms with Crippen LogP contribution in [0.1, 0.15) is 5.56 Å². The van der Waals surface area contributed by atoms with E-state index in [0.29, 0.717) is 16.4 Å². The predicted molar refractivity (Wildman–Crippen MR) is 98.3 cm³/mol. The molecule has 0 spiro atoms. The molecule has 0 saturated carbocycles. The van der Waals surface area contributed by atoms with Crippen LogP contribution >= 0.6 is 11.8 Å². The van der Waals surface area contributed by atoms with Crippen LogP contribution in [0.5, 0.6) is 0 Å². The number of aromatic nitrogens is 2. The van der Waals surface area contributed by atoms with Gasteiger partial charge in [0.1, 0.15) is 0 Å². The van der Waals surface area contributed by atoms with Crippen LogP contribution in [0.3, 0.4) is 0 Å². The molecule has 0 atom stereocenters. The number of thioether (sulfide) groups is 1. The van der Waals surface area contributed by atoms with Gasteiger partial charge in [-0.1, -0.05) is 36.4 Å². The molecule has 27 heavy (non-hydrogen) atoms. The molecular weight excluding hydrogens is 375 g/mol. The first-order chi connectivity index (χ1) is 12.9. The molecular formula is C19H14F3N3OS. The Bertz CT molecular complexity index is 915. The van der Waals surface area contributed by atoms with Crippen LogP contribution in [0.25, 0.3) is 11.4 Å². The largest absolute Gasteiger partial charge is 0.416 e. The molecule has 0 bridgehead atoms. The maximum atomic E-state index is 12.7. The smallest absolute Gasteiger partial charge is 0.323 e. The fourth-order valence-corrected chi connectivity index (χ4v) is 2.99. The number of anilines is 1. The number of carbonyl (C=O) groups excluding carboxylic acids is 1. The molecule has 0 radical (unpaired) electrons. The molecule has 0 fully saturated rings. The van der Waals surface area contributed by atoms with Crippen molar-refractivity contribution in [2.75, 3.05) is 11.1 Å². The normalized spacial score (nSPS) is 11.2. The Morgan fingerprint density at radius 3 is 2.37 bits per heavy atom. The Kier molecular flexibility index (Phi) is 5.75. The number of hydrogen-bond acceptors (Lipinski definition) is 4. The van der Waals surface area contributed by atoms with E-state index in [1.165, 1.54) is 24.5 Å². The third kappa shape index (κ3) is 5.30. The van der Waals surface area contributed by atoms with Crippen LogP contribution in [0, 0.1) is 0 Å². The zero-order valence-electron chi connectivity index (χ0n) is 13.9. The van der Waals surface area contributed by atoms with Crippen LogP contribution in [0.15, 0.2) is 71.9 Å². The Hall–Kier alpha value is -2.87. The summed E-state index contributed by atoms with van der Waals surface area (Å²) in [5.41, 5.74) is 0.539. The highest BCUT2D eigenvalue weighted by Gasteiger charge is 2.30. The fourth-order valence-electron chi connectivity index (χ4n) is 2.24. The van der Waals surface area contributed by atoms with Crippen molar-refractivity contribution in [2.24, 2.45) is 0 Å². The number of nitrogens with zero attached hydrogens (tertiary/aromatic N) is 2. The van der Waals surface area contributed by atoms with Crippen molar-refractivity contribution in [2.45, 2.75) is 11.1 Å². The van der Waals surface area contributed by atoms with Crippen LogP contribution in [-0.4, -0.2) is 21.6 Å². The molecule has 138 valence electrons. The summed E-state index contributed by atoms with van der Waals surface area (Å²) in [5.74, 6) is 0.155. The number of carbonyl (C=O) groups is 1. The first-order valence-electron chi connectivity index (χ1n) is 7.89. The van der Waals surface area contributed by atoms with Crippen molar-refractivity contribution in [3.05, 3.63) is 72.6 Å². The van der Waals surface area contributed by atoms with Crippen molar-refractivity contribution in [3.8, 4) is 11.4 Å². The van der Waals surface area contributed by atoms with E-state index in [4.69, 9.17) is 0 Å². The highest BCUT2D eigenvalue weighted by molar-refractivity contribution is 8.00. The van der Waals surface area contributed by atoms with E-state index in [2.05, 4.69) is 15.3 Å². The second-order valence-electron chi connectivity index (χ2n) is 5.52. The Balaban J connectivity index is 1.57. The summed E-state index contributed by atoms with van der Waals surface area (Å²) in [6, 6.07) is 14.3. The lowest BCUT2D eigenvalue weighted by molar-refractivity contribution is -0.137. The van der Waals surface area contributed by atoms with Gasteiger partial charge in [-0.15, -0.1) is 11.8 Å². The number of amides is 1. The van der Waals surface area contributed by atoms with Crippen molar-refractivity contribution in [1.29, 1.82) is 0 Å². The minimum absolute atomic E-state index is 0.0260. The Morgan fingerprint density at radius 1 is 1.00 bits per heavy atom. The quantitative estimate of drug-likeness (QED) is 0.631. The zero-order valence-corrected chi connectivity index (χ0v) is 14.7. The summed E-state index contributed by atoms with van der Waals surface area (Å²) in [6.07, 6.45) is -1.43. The average Bonchev–Trinajstić information content (AvgIpc) is 2.67. The lowest BCUT2D eigenvalue weighted by atomic mass is 10.2. The van der Waals surface area contributed by atoms with Crippen molar-refractivity contribution >= 4 is 23.4 Å². The third-order valence-electron chi connectivity index (χ3n) is 3.50. The number of benzene rings is 2. The summed E-state index contributed by atoms with van der Waals surface area (Å²) in [5, 5.41) is 2.63. The van der Waals surface area contributed by atoms with E-state index in [0.717, 1.165) is 29.5 Å². The minimum atomic E-state index is -4.41. The predicted octanol–water partition coefficient (Wildman–Crippen LogP) is 4.89. The third-order valence-corrected chi connectivity index (χ3v) is 4.49. The number of alkyl halides is 3. The van der Waals surface area contributed by atoms with E-state index in [-0.39, 0.29) is 11.7 Å². The van der Waals surface area contributed by atoms with Gasteiger partial charge in [0, 0.05) is 10.5 Å². The maximum absolute atomic E-state index is 12.7. The molecule has 1 heterocycles. The summed E-state index contributed by atoms with van der Waals surface area (Å²) in [6.45, 7) is 0. The molecule has 0 unspecified atom stereocenters. The van der Waals surface area contributed by atoms with Gasteiger partial charge in [0.15, 0.2) is 5.82 Å². The highest BCUT2D eigenvalue weighted by atomic mass is 32.2. The van der Waals surface area contributed by atoms with Gasteiger partial charge < -0.3 is 5.32 Å². The Morgan fingerprint density at radius 2 is 1.70 bits per heavy atom. The molecule has 1 aromatic heterocycles. The van der Waals surface area contributed by atoms with E-state index >= 15 is 0 Å². The van der Waals surface area contributed by atoms with Crippen LogP contribution < -0.4 is 5.32 Å². The van der Waals surface area contributed by atoms with Gasteiger partial charge in [-0.2, -0.15) is 13.2 Å². The topological polar surface area (TPSA) is 54.9 Å². The van der Waals surface area contributed by atoms with Gasteiger partial charge in [-0.05, 0) is 18.2 Å². The van der Waals surface area contributed by atoms with Crippen molar-refractivity contribution in [1.82, 2.24) is 9.97 Å². The molecule has 3 rings (SSSR count). The number of halogens is 3. The highest BCUT2D eigenvalue weighted by Crippen LogP contribution is 2.31. The molecule has 0 saturated heterocycles. The number of hydrogen-bond donors (Lipinski definition) is 1. The van der Waals surface area contributed by atoms with E-state index in [9.17, 15) is 18.0 Å². The molecule has 2 aromatic carbocycles. The van der Waals surface area contributed by atoms with Gasteiger partial charge >= 0.3 is 6.18 Å². The van der Waals surface area contributed by atoms with Crippen LogP contribution in [0.2, 0.25) is 0 Å². The maximum Gasteiger partial charge on any atom is 0.416 e. The minimum Gasteiger partial charge on any atom is -0.323 e. The Labute approximate surface area is 157 Å². The SMILES string of the molecule is O=C(CSc1cccc(C(F)(F)F)c1)Nc1cnc(-c2ccccc2)nc1. The lowest BCUT2D eigenvalue weighted by Crippen LogP contribution is -2.14. The molecule has 1 amide bonds. The molecule has 0 aliphatic rings.